The average Bonchev–Trinajstić information content (AvgIpc) is 2.86. The van der Waals surface area contributed by atoms with Crippen LogP contribution in [0.15, 0.2) is 0 Å². The van der Waals surface area contributed by atoms with E-state index < -0.39 is 18.0 Å². The Balaban J connectivity index is 0.00000200. The Hall–Kier alpha value is -0.530. The van der Waals surface area contributed by atoms with Crippen molar-refractivity contribution in [2.24, 2.45) is 5.92 Å². The standard InChI is InChI=1S/C12H20F3N3O.ClH/c1-9(12(13,14)15)11(19)18-5-2-10(8-18)17-6-3-16-4-7-17;/h9-10,16H,2-8H2,1H3;1H. The van der Waals surface area contributed by atoms with E-state index in [2.05, 4.69) is 10.2 Å². The minimum Gasteiger partial charge on any atom is -0.341 e. The quantitative estimate of drug-likeness (QED) is 0.829. The summed E-state index contributed by atoms with van der Waals surface area (Å²) in [7, 11) is 0. The number of carbonyl (C=O) groups excluding carboxylic acids is 1. The molecule has 1 amide bonds. The Labute approximate surface area is 123 Å². The van der Waals surface area contributed by atoms with Gasteiger partial charge in [0.15, 0.2) is 0 Å². The van der Waals surface area contributed by atoms with E-state index in [0.717, 1.165) is 39.5 Å². The van der Waals surface area contributed by atoms with Crippen molar-refractivity contribution < 1.29 is 18.0 Å². The van der Waals surface area contributed by atoms with E-state index >= 15 is 0 Å². The molecule has 2 atom stereocenters. The van der Waals surface area contributed by atoms with Gasteiger partial charge in [-0.3, -0.25) is 9.69 Å². The molecule has 2 fully saturated rings. The number of piperazine rings is 1. The van der Waals surface area contributed by atoms with Gasteiger partial charge in [0.05, 0.1) is 0 Å². The fraction of sp³-hybridized carbons (Fsp3) is 0.917. The molecule has 0 bridgehead atoms. The molecule has 0 aliphatic carbocycles. The highest BCUT2D eigenvalue weighted by atomic mass is 35.5. The first-order chi connectivity index (χ1) is 8.89. The SMILES string of the molecule is CC(C(=O)N1CCC(N2CCNCC2)C1)C(F)(F)F.Cl. The van der Waals surface area contributed by atoms with Crippen LogP contribution in [-0.2, 0) is 4.79 Å². The van der Waals surface area contributed by atoms with Gasteiger partial charge < -0.3 is 10.2 Å². The highest BCUT2D eigenvalue weighted by Gasteiger charge is 2.44. The van der Waals surface area contributed by atoms with Crippen LogP contribution in [0.3, 0.4) is 0 Å². The van der Waals surface area contributed by atoms with Crippen molar-refractivity contribution in [3.05, 3.63) is 0 Å². The van der Waals surface area contributed by atoms with Crippen molar-refractivity contribution in [3.8, 4) is 0 Å². The second kappa shape index (κ2) is 6.95. The molecule has 2 saturated heterocycles. The molecule has 2 aliphatic heterocycles. The molecule has 2 rings (SSSR count). The van der Waals surface area contributed by atoms with Crippen LogP contribution in [0.4, 0.5) is 13.2 Å². The van der Waals surface area contributed by atoms with Gasteiger partial charge in [0.1, 0.15) is 5.92 Å². The third-order valence-electron chi connectivity index (χ3n) is 4.00. The highest BCUT2D eigenvalue weighted by Crippen LogP contribution is 2.29. The topological polar surface area (TPSA) is 35.6 Å². The molecule has 0 radical (unpaired) electrons. The van der Waals surface area contributed by atoms with Gasteiger partial charge in [-0.25, -0.2) is 0 Å². The van der Waals surface area contributed by atoms with Crippen molar-refractivity contribution in [2.45, 2.75) is 25.6 Å². The molecule has 0 aromatic carbocycles. The van der Waals surface area contributed by atoms with Gasteiger partial charge >= 0.3 is 6.18 Å². The summed E-state index contributed by atoms with van der Waals surface area (Å²) in [5, 5.41) is 3.24. The zero-order chi connectivity index (χ0) is 14.0. The highest BCUT2D eigenvalue weighted by molar-refractivity contribution is 5.85. The number of alkyl halides is 3. The Morgan fingerprint density at radius 3 is 2.40 bits per heavy atom. The summed E-state index contributed by atoms with van der Waals surface area (Å²) >= 11 is 0. The van der Waals surface area contributed by atoms with Crippen LogP contribution in [-0.4, -0.2) is 67.2 Å². The predicted octanol–water partition coefficient (Wildman–Crippen LogP) is 1.11. The minimum atomic E-state index is -4.44. The van der Waals surface area contributed by atoms with E-state index in [1.54, 1.807) is 0 Å². The number of halogens is 4. The summed E-state index contributed by atoms with van der Waals surface area (Å²) in [5.41, 5.74) is 0. The normalized spacial score (nSPS) is 26.2. The summed E-state index contributed by atoms with van der Waals surface area (Å²) in [5.74, 6) is -2.68. The van der Waals surface area contributed by atoms with E-state index in [9.17, 15) is 18.0 Å². The minimum absolute atomic E-state index is 0. The molecule has 0 aromatic rings. The van der Waals surface area contributed by atoms with E-state index in [1.807, 2.05) is 0 Å². The second-order valence-electron chi connectivity index (χ2n) is 5.28. The third kappa shape index (κ3) is 3.99. The zero-order valence-corrected chi connectivity index (χ0v) is 12.3. The third-order valence-corrected chi connectivity index (χ3v) is 4.00. The Morgan fingerprint density at radius 1 is 1.25 bits per heavy atom. The van der Waals surface area contributed by atoms with Gasteiger partial charge in [0, 0.05) is 45.3 Å². The van der Waals surface area contributed by atoms with E-state index in [0.29, 0.717) is 13.1 Å². The molecule has 20 heavy (non-hydrogen) atoms. The molecule has 0 saturated carbocycles. The van der Waals surface area contributed by atoms with Crippen molar-refractivity contribution >= 4 is 18.3 Å². The molecule has 0 aromatic heterocycles. The van der Waals surface area contributed by atoms with Gasteiger partial charge in [-0.05, 0) is 13.3 Å². The summed E-state index contributed by atoms with van der Waals surface area (Å²) in [4.78, 5) is 15.4. The fourth-order valence-corrected chi connectivity index (χ4v) is 2.70. The Morgan fingerprint density at radius 2 is 1.85 bits per heavy atom. The van der Waals surface area contributed by atoms with E-state index in [1.165, 1.54) is 4.90 Å². The molecular formula is C12H21ClF3N3O. The first-order valence-electron chi connectivity index (χ1n) is 6.70. The summed E-state index contributed by atoms with van der Waals surface area (Å²) in [6.07, 6.45) is -3.67. The van der Waals surface area contributed by atoms with Crippen LogP contribution < -0.4 is 5.32 Å². The van der Waals surface area contributed by atoms with E-state index in [4.69, 9.17) is 0 Å². The zero-order valence-electron chi connectivity index (χ0n) is 11.4. The smallest absolute Gasteiger partial charge is 0.341 e. The van der Waals surface area contributed by atoms with Gasteiger partial charge in [-0.15, -0.1) is 12.4 Å². The van der Waals surface area contributed by atoms with Crippen LogP contribution in [0.1, 0.15) is 13.3 Å². The van der Waals surface area contributed by atoms with Crippen LogP contribution in [0.5, 0.6) is 0 Å². The van der Waals surface area contributed by atoms with Gasteiger partial charge in [-0.1, -0.05) is 0 Å². The van der Waals surface area contributed by atoms with Crippen molar-refractivity contribution in [3.63, 3.8) is 0 Å². The number of nitrogens with one attached hydrogen (secondary N) is 1. The lowest BCUT2D eigenvalue weighted by Crippen LogP contribution is -2.50. The van der Waals surface area contributed by atoms with Crippen LogP contribution in [0.2, 0.25) is 0 Å². The van der Waals surface area contributed by atoms with Crippen LogP contribution >= 0.6 is 12.4 Å². The number of amides is 1. The maximum atomic E-state index is 12.5. The largest absolute Gasteiger partial charge is 0.400 e. The molecule has 1 N–H and O–H groups in total. The lowest BCUT2D eigenvalue weighted by Gasteiger charge is -2.32. The van der Waals surface area contributed by atoms with Crippen molar-refractivity contribution in [1.29, 1.82) is 0 Å². The predicted molar refractivity (Wildman–Crippen MR) is 71.9 cm³/mol. The molecule has 2 unspecified atom stereocenters. The maximum Gasteiger partial charge on any atom is 0.400 e. The summed E-state index contributed by atoms with van der Waals surface area (Å²) < 4.78 is 37.6. The van der Waals surface area contributed by atoms with E-state index in [-0.39, 0.29) is 18.4 Å². The van der Waals surface area contributed by atoms with Gasteiger partial charge in [-0.2, -0.15) is 13.2 Å². The molecule has 8 heteroatoms. The molecule has 0 spiro atoms. The van der Waals surface area contributed by atoms with Crippen molar-refractivity contribution in [1.82, 2.24) is 15.1 Å². The number of rotatable bonds is 2. The number of carbonyl (C=O) groups is 1. The molecule has 4 nitrogen and oxygen atoms in total. The summed E-state index contributed by atoms with van der Waals surface area (Å²) in [6, 6.07) is 0.214. The van der Waals surface area contributed by atoms with Crippen LogP contribution in [0, 0.1) is 5.92 Å². The maximum absolute atomic E-state index is 12.5. The second-order valence-corrected chi connectivity index (χ2v) is 5.28. The van der Waals surface area contributed by atoms with Crippen molar-refractivity contribution in [2.75, 3.05) is 39.3 Å². The lowest BCUT2D eigenvalue weighted by molar-refractivity contribution is -0.184. The first kappa shape index (κ1) is 17.5. The number of likely N-dealkylation sites (tertiary alicyclic amines) is 1. The van der Waals surface area contributed by atoms with Gasteiger partial charge in [0.2, 0.25) is 5.91 Å². The monoisotopic (exact) mass is 315 g/mol. The number of nitrogens with zero attached hydrogens (tertiary/aromatic N) is 2. The lowest BCUT2D eigenvalue weighted by atomic mass is 10.1. The Bertz CT molecular complexity index is 334. The molecular weight excluding hydrogens is 295 g/mol. The summed E-state index contributed by atoms with van der Waals surface area (Å²) in [6.45, 7) is 5.43. The Kier molecular flexibility index (Phi) is 6.09. The van der Waals surface area contributed by atoms with Crippen LogP contribution in [0.25, 0.3) is 0 Å². The molecule has 118 valence electrons. The number of hydrogen-bond acceptors (Lipinski definition) is 3. The molecule has 2 heterocycles. The average molecular weight is 316 g/mol. The number of hydrogen-bond donors (Lipinski definition) is 1. The first-order valence-corrected chi connectivity index (χ1v) is 6.70. The fourth-order valence-electron chi connectivity index (χ4n) is 2.70. The van der Waals surface area contributed by atoms with Gasteiger partial charge in [0.25, 0.3) is 0 Å². The molecule has 2 aliphatic rings.